The first kappa shape index (κ1) is 26.1. The Hall–Kier alpha value is -3.47. The molecule has 2 aromatic heterocycles. The molecule has 5 rings (SSSR count). The maximum atomic E-state index is 13.4. The molecule has 2 amide bonds. The summed E-state index contributed by atoms with van der Waals surface area (Å²) in [7, 11) is 2.78. The number of halogens is 1. The van der Waals surface area contributed by atoms with Gasteiger partial charge < -0.3 is 24.7 Å². The zero-order valence-electron chi connectivity index (χ0n) is 20.8. The highest BCUT2D eigenvalue weighted by molar-refractivity contribution is 7.14. The van der Waals surface area contributed by atoms with Crippen LogP contribution in [0.2, 0.25) is 5.02 Å². The molecule has 1 aliphatic carbocycles. The van der Waals surface area contributed by atoms with Crippen LogP contribution in [0.5, 0.6) is 0 Å². The van der Waals surface area contributed by atoms with Gasteiger partial charge in [-0.2, -0.15) is 0 Å². The number of benzene rings is 1. The van der Waals surface area contributed by atoms with Crippen LogP contribution in [0.4, 0.5) is 5.00 Å². The van der Waals surface area contributed by atoms with Gasteiger partial charge in [0.05, 0.1) is 23.2 Å². The van der Waals surface area contributed by atoms with E-state index < -0.39 is 23.5 Å². The normalized spacial score (nSPS) is 15.9. The number of ether oxygens (including phenoxy) is 2. The zero-order valence-corrected chi connectivity index (χ0v) is 22.4. The molecule has 1 spiro atoms. The van der Waals surface area contributed by atoms with Crippen LogP contribution in [0.15, 0.2) is 46.7 Å². The van der Waals surface area contributed by atoms with Gasteiger partial charge in [0.25, 0.3) is 11.5 Å². The van der Waals surface area contributed by atoms with Crippen molar-refractivity contribution in [3.8, 4) is 11.1 Å². The van der Waals surface area contributed by atoms with Gasteiger partial charge in [-0.25, -0.2) is 4.79 Å². The highest BCUT2D eigenvalue weighted by Crippen LogP contribution is 2.43. The van der Waals surface area contributed by atoms with E-state index in [1.165, 1.54) is 37.1 Å². The summed E-state index contributed by atoms with van der Waals surface area (Å²) in [5.74, 6) is -1.30. The molecule has 1 aliphatic heterocycles. The average molecular weight is 556 g/mol. The van der Waals surface area contributed by atoms with Crippen molar-refractivity contribution in [3.05, 3.63) is 74.0 Å². The standard InChI is InChI=1S/C27H26ClN3O6S/c1-36-8-5-21(25(34)29-22-9-16(14-38-22)26(35)37-2)31-13-20-19(11-23(31)32)18-10-17(28)4-3-15(18)12-27(6-7-27)30-24(20)33/h3-4,9-11,13-14,21H,5-8,12H2,1-2H3,(H,29,34)(H,30,33). The summed E-state index contributed by atoms with van der Waals surface area (Å²) < 4.78 is 11.2. The molecule has 1 atom stereocenters. The van der Waals surface area contributed by atoms with Gasteiger partial charge in [0.1, 0.15) is 6.04 Å². The molecule has 0 bridgehead atoms. The van der Waals surface area contributed by atoms with E-state index in [0.717, 1.165) is 35.3 Å². The van der Waals surface area contributed by atoms with Gasteiger partial charge in [0.2, 0.25) is 5.91 Å². The zero-order chi connectivity index (χ0) is 27.0. The number of anilines is 1. The van der Waals surface area contributed by atoms with Crippen molar-refractivity contribution in [1.82, 2.24) is 9.88 Å². The maximum Gasteiger partial charge on any atom is 0.338 e. The largest absolute Gasteiger partial charge is 0.465 e. The second-order valence-corrected chi connectivity index (χ2v) is 10.9. The minimum Gasteiger partial charge on any atom is -0.465 e. The van der Waals surface area contributed by atoms with Crippen LogP contribution in [0.1, 0.15) is 51.6 Å². The molecule has 0 saturated heterocycles. The predicted molar refractivity (Wildman–Crippen MR) is 144 cm³/mol. The Morgan fingerprint density at radius 3 is 2.66 bits per heavy atom. The van der Waals surface area contributed by atoms with E-state index in [2.05, 4.69) is 10.6 Å². The molecular weight excluding hydrogens is 530 g/mol. The second kappa shape index (κ2) is 10.4. The van der Waals surface area contributed by atoms with Crippen molar-refractivity contribution in [1.29, 1.82) is 0 Å². The van der Waals surface area contributed by atoms with E-state index in [1.807, 2.05) is 12.1 Å². The lowest BCUT2D eigenvalue weighted by Crippen LogP contribution is -2.41. The number of methoxy groups -OCH3 is 2. The number of carbonyl (C=O) groups excluding carboxylic acids is 3. The van der Waals surface area contributed by atoms with Gasteiger partial charge in [-0.15, -0.1) is 11.3 Å². The first-order chi connectivity index (χ1) is 18.2. The third-order valence-electron chi connectivity index (χ3n) is 6.95. The number of aromatic nitrogens is 1. The summed E-state index contributed by atoms with van der Waals surface area (Å²) in [5.41, 5.74) is 2.05. The number of fused-ring (bicyclic) bond motifs is 3. The fourth-order valence-electron chi connectivity index (χ4n) is 4.78. The first-order valence-corrected chi connectivity index (χ1v) is 13.3. The molecule has 1 saturated carbocycles. The quantitative estimate of drug-likeness (QED) is 0.425. The summed E-state index contributed by atoms with van der Waals surface area (Å²) in [4.78, 5) is 52.1. The van der Waals surface area contributed by atoms with Crippen molar-refractivity contribution >= 4 is 45.7 Å². The molecule has 11 heteroatoms. The van der Waals surface area contributed by atoms with Gasteiger partial charge in [-0.1, -0.05) is 17.7 Å². The van der Waals surface area contributed by atoms with Crippen LogP contribution < -0.4 is 16.2 Å². The van der Waals surface area contributed by atoms with Crippen molar-refractivity contribution < 1.29 is 23.9 Å². The topological polar surface area (TPSA) is 116 Å². The van der Waals surface area contributed by atoms with Crippen LogP contribution >= 0.6 is 22.9 Å². The summed E-state index contributed by atoms with van der Waals surface area (Å²) in [6.07, 6.45) is 4.02. The summed E-state index contributed by atoms with van der Waals surface area (Å²) >= 11 is 7.47. The van der Waals surface area contributed by atoms with E-state index in [4.69, 9.17) is 21.1 Å². The highest BCUT2D eigenvalue weighted by Gasteiger charge is 2.46. The Balaban J connectivity index is 1.55. The van der Waals surface area contributed by atoms with E-state index in [9.17, 15) is 19.2 Å². The van der Waals surface area contributed by atoms with E-state index in [-0.39, 0.29) is 24.5 Å². The number of carbonyl (C=O) groups is 3. The third kappa shape index (κ3) is 5.11. The van der Waals surface area contributed by atoms with Crippen LogP contribution in [0.3, 0.4) is 0 Å². The van der Waals surface area contributed by atoms with E-state index in [0.29, 0.717) is 33.1 Å². The highest BCUT2D eigenvalue weighted by atomic mass is 35.5. The Morgan fingerprint density at radius 2 is 1.95 bits per heavy atom. The van der Waals surface area contributed by atoms with Crippen molar-refractivity contribution in [2.75, 3.05) is 26.1 Å². The number of rotatable bonds is 7. The van der Waals surface area contributed by atoms with Gasteiger partial charge in [0.15, 0.2) is 0 Å². The molecule has 2 aliphatic rings. The number of hydrogen-bond donors (Lipinski definition) is 2. The monoisotopic (exact) mass is 555 g/mol. The summed E-state index contributed by atoms with van der Waals surface area (Å²) in [5, 5.41) is 8.42. The molecule has 3 aromatic rings. The van der Waals surface area contributed by atoms with E-state index >= 15 is 0 Å². The molecule has 1 unspecified atom stereocenters. The minimum atomic E-state index is -0.969. The Kier molecular flexibility index (Phi) is 7.13. The van der Waals surface area contributed by atoms with Gasteiger partial charge in [-0.3, -0.25) is 14.4 Å². The summed E-state index contributed by atoms with van der Waals surface area (Å²) in [6, 6.07) is 7.45. The van der Waals surface area contributed by atoms with Gasteiger partial charge in [0, 0.05) is 53.9 Å². The molecular formula is C27H26ClN3O6S. The SMILES string of the molecule is COCCC(C(=O)Nc1cc(C(=O)OC)cs1)n1cc2c(cc1=O)-c1cc(Cl)ccc1CC1(CC1)NC2=O. The Labute approximate surface area is 227 Å². The van der Waals surface area contributed by atoms with Crippen LogP contribution in [0.25, 0.3) is 11.1 Å². The molecule has 198 valence electrons. The number of nitrogens with zero attached hydrogens (tertiary/aromatic N) is 1. The molecule has 1 fully saturated rings. The number of esters is 1. The van der Waals surface area contributed by atoms with Crippen molar-refractivity contribution in [2.45, 2.75) is 37.3 Å². The molecule has 9 nitrogen and oxygen atoms in total. The number of pyridine rings is 1. The number of amides is 2. The van der Waals surface area contributed by atoms with Crippen LogP contribution in [-0.4, -0.2) is 48.7 Å². The molecule has 38 heavy (non-hydrogen) atoms. The minimum absolute atomic E-state index is 0.185. The smallest absolute Gasteiger partial charge is 0.338 e. The molecule has 0 radical (unpaired) electrons. The third-order valence-corrected chi connectivity index (χ3v) is 8.03. The van der Waals surface area contributed by atoms with Crippen LogP contribution in [-0.2, 0) is 20.7 Å². The lowest BCUT2D eigenvalue weighted by atomic mass is 9.89. The van der Waals surface area contributed by atoms with Gasteiger partial charge >= 0.3 is 5.97 Å². The lowest BCUT2D eigenvalue weighted by molar-refractivity contribution is -0.119. The van der Waals surface area contributed by atoms with E-state index in [1.54, 1.807) is 11.4 Å². The fraction of sp³-hybridized carbons (Fsp3) is 0.333. The molecule has 1 aromatic carbocycles. The fourth-order valence-corrected chi connectivity index (χ4v) is 5.72. The van der Waals surface area contributed by atoms with Crippen molar-refractivity contribution in [3.63, 3.8) is 0 Å². The maximum absolute atomic E-state index is 13.4. The molecule has 3 heterocycles. The second-order valence-electron chi connectivity index (χ2n) is 9.54. The number of hydrogen-bond acceptors (Lipinski definition) is 7. The first-order valence-electron chi connectivity index (χ1n) is 12.1. The van der Waals surface area contributed by atoms with Gasteiger partial charge in [-0.05, 0) is 48.6 Å². The Bertz CT molecular complexity index is 1490. The predicted octanol–water partition coefficient (Wildman–Crippen LogP) is 4.05. The lowest BCUT2D eigenvalue weighted by Gasteiger charge is -2.26. The van der Waals surface area contributed by atoms with Crippen LogP contribution in [0, 0.1) is 0 Å². The molecule has 2 N–H and O–H groups in total. The average Bonchev–Trinajstić information content (AvgIpc) is 3.48. The number of nitrogens with one attached hydrogen (secondary N) is 2. The number of thiophene rings is 1. The summed E-state index contributed by atoms with van der Waals surface area (Å²) in [6.45, 7) is 0.202. The Morgan fingerprint density at radius 1 is 1.16 bits per heavy atom. The van der Waals surface area contributed by atoms with Crippen molar-refractivity contribution in [2.24, 2.45) is 0 Å².